The smallest absolute Gasteiger partial charge is 0.229 e. The molecule has 0 atom stereocenters. The standard InChI is InChI=1S/C34H43BrN9OP/c1-42-16-18-43(19-17-42)22-10-14-44(15-11-22)28-20-29(45-2)30(24-7-5-6-23(24)28)40-34-38-21-25(35)33(41-34)39-27-9-8-26-31(32(27)46(3)4)37-13-12-36-26/h8-9,12-13,20-22H,5-7,10-11,14-19H2,1-4H3,(H2,38,39,40,41). The van der Waals surface area contributed by atoms with Crippen molar-refractivity contribution in [1.82, 2.24) is 29.7 Å². The molecule has 0 unspecified atom stereocenters. The average Bonchev–Trinajstić information content (AvgIpc) is 3.57. The van der Waals surface area contributed by atoms with E-state index in [-0.39, 0.29) is 0 Å². The average molecular weight is 705 g/mol. The molecule has 0 saturated carbocycles. The van der Waals surface area contributed by atoms with E-state index in [9.17, 15) is 0 Å². The highest BCUT2D eigenvalue weighted by atomic mass is 79.9. The van der Waals surface area contributed by atoms with E-state index in [0.717, 1.165) is 65.0 Å². The highest BCUT2D eigenvalue weighted by Crippen LogP contribution is 2.44. The number of likely N-dealkylation sites (N-methyl/N-ethyl adjacent to an activating group) is 1. The summed E-state index contributed by atoms with van der Waals surface area (Å²) in [6.45, 7) is 11.4. The van der Waals surface area contributed by atoms with Gasteiger partial charge < -0.3 is 25.2 Å². The van der Waals surface area contributed by atoms with Gasteiger partial charge in [-0.1, -0.05) is 7.92 Å². The molecule has 2 aliphatic heterocycles. The predicted octanol–water partition coefficient (Wildman–Crippen LogP) is 5.75. The third kappa shape index (κ3) is 6.27. The Hall–Kier alpha value is -3.11. The maximum atomic E-state index is 6.04. The van der Waals surface area contributed by atoms with Crippen LogP contribution >= 0.6 is 23.9 Å². The zero-order valence-electron chi connectivity index (χ0n) is 27.2. The van der Waals surface area contributed by atoms with Crippen LogP contribution in [-0.4, -0.2) is 103 Å². The zero-order valence-corrected chi connectivity index (χ0v) is 29.7. The number of piperazine rings is 1. The molecule has 10 nitrogen and oxygen atoms in total. The molecular weight excluding hydrogens is 661 g/mol. The van der Waals surface area contributed by atoms with Gasteiger partial charge in [0.25, 0.3) is 0 Å². The molecule has 2 N–H and O–H groups in total. The predicted molar refractivity (Wildman–Crippen MR) is 194 cm³/mol. The van der Waals surface area contributed by atoms with Crippen LogP contribution in [0.25, 0.3) is 11.0 Å². The summed E-state index contributed by atoms with van der Waals surface area (Å²) in [5, 5.41) is 8.31. The number of anilines is 5. The maximum absolute atomic E-state index is 6.04. The maximum Gasteiger partial charge on any atom is 0.229 e. The van der Waals surface area contributed by atoms with Crippen molar-refractivity contribution < 1.29 is 4.74 Å². The molecule has 12 heteroatoms. The molecule has 2 fully saturated rings. The molecular formula is C34H43BrN9OP. The van der Waals surface area contributed by atoms with E-state index >= 15 is 0 Å². The van der Waals surface area contributed by atoms with Crippen molar-refractivity contribution in [1.29, 1.82) is 0 Å². The highest BCUT2D eigenvalue weighted by molar-refractivity contribution is 9.10. The first kappa shape index (κ1) is 31.5. The minimum absolute atomic E-state index is 0.460. The number of hydrogen-bond acceptors (Lipinski definition) is 10. The monoisotopic (exact) mass is 703 g/mol. The van der Waals surface area contributed by atoms with E-state index in [0.29, 0.717) is 17.8 Å². The second-order valence-corrected chi connectivity index (χ2v) is 15.9. The number of benzene rings is 2. The number of aromatic nitrogens is 4. The van der Waals surface area contributed by atoms with Crippen molar-refractivity contribution in [2.75, 3.05) is 82.3 Å². The minimum atomic E-state index is -0.460. The summed E-state index contributed by atoms with van der Waals surface area (Å²) < 4.78 is 6.82. The molecule has 0 radical (unpaired) electrons. The van der Waals surface area contributed by atoms with Gasteiger partial charge in [0.15, 0.2) is 0 Å². The van der Waals surface area contributed by atoms with Gasteiger partial charge in [0.05, 0.1) is 28.3 Å². The van der Waals surface area contributed by atoms with Crippen LogP contribution in [0.5, 0.6) is 5.75 Å². The minimum Gasteiger partial charge on any atom is -0.494 e. The van der Waals surface area contributed by atoms with Gasteiger partial charge in [-0.3, -0.25) is 14.9 Å². The van der Waals surface area contributed by atoms with Crippen LogP contribution in [0.4, 0.5) is 28.8 Å². The van der Waals surface area contributed by atoms with Gasteiger partial charge in [-0.25, -0.2) is 4.98 Å². The van der Waals surface area contributed by atoms with Crippen LogP contribution in [0.1, 0.15) is 30.4 Å². The fourth-order valence-electron chi connectivity index (χ4n) is 7.30. The third-order valence-corrected chi connectivity index (χ3v) is 11.6. The topological polar surface area (TPSA) is 94.6 Å². The lowest BCUT2D eigenvalue weighted by molar-refractivity contribution is 0.0982. The molecule has 0 bridgehead atoms. The van der Waals surface area contributed by atoms with E-state index in [1.54, 1.807) is 25.7 Å². The molecule has 0 amide bonds. The lowest BCUT2D eigenvalue weighted by Crippen LogP contribution is -2.52. The fourth-order valence-corrected chi connectivity index (χ4v) is 8.80. The molecule has 1 aliphatic carbocycles. The largest absolute Gasteiger partial charge is 0.494 e. The van der Waals surface area contributed by atoms with E-state index in [4.69, 9.17) is 9.72 Å². The van der Waals surface area contributed by atoms with Gasteiger partial charge in [0, 0.05) is 86.6 Å². The Morgan fingerprint density at radius 2 is 1.70 bits per heavy atom. The quantitative estimate of drug-likeness (QED) is 0.221. The van der Waals surface area contributed by atoms with Gasteiger partial charge >= 0.3 is 0 Å². The van der Waals surface area contributed by atoms with E-state index in [1.807, 2.05) is 6.07 Å². The molecule has 46 heavy (non-hydrogen) atoms. The van der Waals surface area contributed by atoms with Crippen LogP contribution in [0.3, 0.4) is 0 Å². The van der Waals surface area contributed by atoms with Crippen molar-refractivity contribution >= 4 is 69.0 Å². The van der Waals surface area contributed by atoms with E-state index in [1.165, 1.54) is 61.1 Å². The normalized spacial score (nSPS) is 17.9. The van der Waals surface area contributed by atoms with Crippen molar-refractivity contribution in [3.63, 3.8) is 0 Å². The Labute approximate surface area is 281 Å². The number of ether oxygens (including phenoxy) is 1. The van der Waals surface area contributed by atoms with Crippen molar-refractivity contribution in [3.05, 3.63) is 52.4 Å². The van der Waals surface area contributed by atoms with E-state index in [2.05, 4.69) is 88.7 Å². The Morgan fingerprint density at radius 3 is 2.46 bits per heavy atom. The Kier molecular flexibility index (Phi) is 9.28. The molecule has 4 heterocycles. The first-order chi connectivity index (χ1) is 22.4. The van der Waals surface area contributed by atoms with Gasteiger partial charge in [0.1, 0.15) is 11.6 Å². The van der Waals surface area contributed by atoms with Gasteiger partial charge in [0.2, 0.25) is 5.95 Å². The molecule has 7 rings (SSSR count). The fraction of sp³-hybridized carbons (Fsp3) is 0.471. The number of halogens is 1. The number of fused-ring (bicyclic) bond motifs is 2. The van der Waals surface area contributed by atoms with Crippen molar-refractivity contribution in [2.45, 2.75) is 38.1 Å². The van der Waals surface area contributed by atoms with Crippen LogP contribution < -0.4 is 25.6 Å². The SMILES string of the molecule is COc1cc(N2CCC(N3CCN(C)CC3)CC2)c2c(c1Nc1ncc(Br)c(Nc3ccc4nccnc4c3P(C)C)n1)CCC2. The van der Waals surface area contributed by atoms with Gasteiger partial charge in [-0.2, -0.15) is 4.98 Å². The summed E-state index contributed by atoms with van der Waals surface area (Å²) in [5.41, 5.74) is 7.89. The second-order valence-electron chi connectivity index (χ2n) is 12.8. The first-order valence-corrected chi connectivity index (χ1v) is 19.3. The Morgan fingerprint density at radius 1 is 0.935 bits per heavy atom. The number of methoxy groups -OCH3 is 1. The number of piperidine rings is 1. The van der Waals surface area contributed by atoms with Gasteiger partial charge in [-0.05, 0) is 91.7 Å². The molecule has 2 aromatic carbocycles. The van der Waals surface area contributed by atoms with Crippen LogP contribution in [0.2, 0.25) is 0 Å². The second kappa shape index (κ2) is 13.6. The van der Waals surface area contributed by atoms with Crippen molar-refractivity contribution in [2.24, 2.45) is 0 Å². The summed E-state index contributed by atoms with van der Waals surface area (Å²) in [4.78, 5) is 26.5. The highest BCUT2D eigenvalue weighted by Gasteiger charge is 2.31. The number of hydrogen-bond donors (Lipinski definition) is 2. The molecule has 2 aromatic heterocycles. The molecule has 3 aliphatic rings. The summed E-state index contributed by atoms with van der Waals surface area (Å²) in [6.07, 6.45) is 11.0. The van der Waals surface area contributed by atoms with Crippen LogP contribution in [0, 0.1) is 0 Å². The summed E-state index contributed by atoms with van der Waals surface area (Å²) in [5.74, 6) is 2.06. The number of rotatable bonds is 8. The Bertz CT molecular complexity index is 1720. The molecule has 0 spiro atoms. The lowest BCUT2D eigenvalue weighted by Gasteiger charge is -2.43. The lowest BCUT2D eigenvalue weighted by atomic mass is 9.98. The number of nitrogens with zero attached hydrogens (tertiary/aromatic N) is 7. The van der Waals surface area contributed by atoms with Crippen LogP contribution in [-0.2, 0) is 12.8 Å². The van der Waals surface area contributed by atoms with Crippen molar-refractivity contribution in [3.8, 4) is 5.75 Å². The zero-order chi connectivity index (χ0) is 31.8. The first-order valence-electron chi connectivity index (χ1n) is 16.3. The van der Waals surface area contributed by atoms with Gasteiger partial charge in [-0.15, -0.1) is 0 Å². The molecule has 2 saturated heterocycles. The molecule has 4 aromatic rings. The third-order valence-electron chi connectivity index (χ3n) is 9.72. The van der Waals surface area contributed by atoms with Crippen LogP contribution in [0.15, 0.2) is 41.3 Å². The summed E-state index contributed by atoms with van der Waals surface area (Å²) in [7, 11) is 3.53. The number of nitrogens with one attached hydrogen (secondary N) is 2. The summed E-state index contributed by atoms with van der Waals surface area (Å²) in [6, 6.07) is 7.01. The molecule has 242 valence electrons. The van der Waals surface area contributed by atoms with E-state index < -0.39 is 7.92 Å². The Balaban J connectivity index is 1.13. The summed E-state index contributed by atoms with van der Waals surface area (Å²) >= 11 is 3.68.